The summed E-state index contributed by atoms with van der Waals surface area (Å²) in [5.41, 5.74) is 2.86. The maximum atomic E-state index is 12.8. The number of amides is 1. The van der Waals surface area contributed by atoms with Gasteiger partial charge < -0.3 is 9.72 Å². The summed E-state index contributed by atoms with van der Waals surface area (Å²) in [6, 6.07) is 13.5. The zero-order valence-electron chi connectivity index (χ0n) is 16.4. The van der Waals surface area contributed by atoms with Crippen molar-refractivity contribution < 1.29 is 9.53 Å². The summed E-state index contributed by atoms with van der Waals surface area (Å²) < 4.78 is 6.34. The Kier molecular flexibility index (Phi) is 5.19. The fourth-order valence-electron chi connectivity index (χ4n) is 3.92. The monoisotopic (exact) mass is 418 g/mol. The number of hydrogen-bond donors (Lipinski definition) is 2. The number of nitrogens with zero attached hydrogens (tertiary/aromatic N) is 2. The van der Waals surface area contributed by atoms with Crippen LogP contribution in [0.5, 0.6) is 5.75 Å². The van der Waals surface area contributed by atoms with E-state index < -0.39 is 0 Å². The molecule has 0 bridgehead atoms. The number of carbonyl (C=O) groups is 1. The van der Waals surface area contributed by atoms with Crippen molar-refractivity contribution in [1.29, 1.82) is 0 Å². The lowest BCUT2D eigenvalue weighted by Crippen LogP contribution is -2.19. The summed E-state index contributed by atoms with van der Waals surface area (Å²) in [5, 5.41) is 5.23. The predicted octanol–water partition coefficient (Wildman–Crippen LogP) is 5.65. The number of imidazole rings is 1. The van der Waals surface area contributed by atoms with Crippen LogP contribution in [0.25, 0.3) is 22.4 Å². The summed E-state index contributed by atoms with van der Waals surface area (Å²) in [5.74, 6) is 1.31. The highest BCUT2D eigenvalue weighted by Gasteiger charge is 2.20. The number of rotatable bonds is 5. The number of hydrogen-bond acceptors (Lipinski definition) is 5. The van der Waals surface area contributed by atoms with Gasteiger partial charge in [0.25, 0.3) is 5.91 Å². The number of aromatic nitrogens is 3. The molecule has 4 aromatic rings. The molecule has 2 heterocycles. The maximum Gasteiger partial charge on any atom is 0.259 e. The number of ether oxygens (including phenoxy) is 1. The molecule has 0 spiro atoms. The quantitative estimate of drug-likeness (QED) is 0.439. The van der Waals surface area contributed by atoms with Gasteiger partial charge in [0, 0.05) is 11.6 Å². The molecule has 6 nitrogen and oxygen atoms in total. The molecule has 2 aromatic carbocycles. The van der Waals surface area contributed by atoms with E-state index in [4.69, 9.17) is 9.72 Å². The van der Waals surface area contributed by atoms with E-state index in [0.717, 1.165) is 29.7 Å². The highest BCUT2D eigenvalue weighted by atomic mass is 32.1. The van der Waals surface area contributed by atoms with E-state index >= 15 is 0 Å². The number of aromatic amines is 1. The number of anilines is 1. The normalized spacial score (nSPS) is 14.7. The Morgan fingerprint density at radius 3 is 2.80 bits per heavy atom. The molecular formula is C23H22N4O2S. The molecule has 1 aliphatic carbocycles. The van der Waals surface area contributed by atoms with Crippen LogP contribution in [0.15, 0.2) is 54.0 Å². The molecule has 0 saturated heterocycles. The lowest BCUT2D eigenvalue weighted by molar-refractivity contribution is 0.102. The molecule has 1 aliphatic rings. The van der Waals surface area contributed by atoms with Gasteiger partial charge >= 0.3 is 0 Å². The third kappa shape index (κ3) is 3.80. The van der Waals surface area contributed by atoms with Crippen molar-refractivity contribution in [1.82, 2.24) is 15.0 Å². The molecule has 0 aliphatic heterocycles. The SMILES string of the molecule is O=C(Nc1nccs1)c1cccc2[nH]c(-c3ccccc3OC3CCCCC3)nc12. The first kappa shape index (κ1) is 18.8. The zero-order chi connectivity index (χ0) is 20.3. The van der Waals surface area contributed by atoms with Crippen LogP contribution in [0.1, 0.15) is 42.5 Å². The van der Waals surface area contributed by atoms with Crippen molar-refractivity contribution >= 4 is 33.4 Å². The smallest absolute Gasteiger partial charge is 0.259 e. The van der Waals surface area contributed by atoms with Crippen LogP contribution in [0.4, 0.5) is 5.13 Å². The van der Waals surface area contributed by atoms with Gasteiger partial charge in [0.15, 0.2) is 5.13 Å². The van der Waals surface area contributed by atoms with Gasteiger partial charge in [-0.25, -0.2) is 9.97 Å². The van der Waals surface area contributed by atoms with Crippen LogP contribution in [-0.2, 0) is 0 Å². The second-order valence-electron chi connectivity index (χ2n) is 7.45. The van der Waals surface area contributed by atoms with Crippen molar-refractivity contribution in [2.45, 2.75) is 38.2 Å². The zero-order valence-corrected chi connectivity index (χ0v) is 17.2. The molecule has 7 heteroatoms. The average Bonchev–Trinajstić information content (AvgIpc) is 3.44. The highest BCUT2D eigenvalue weighted by Crippen LogP contribution is 2.33. The van der Waals surface area contributed by atoms with Crippen molar-refractivity contribution in [3.63, 3.8) is 0 Å². The Morgan fingerprint density at radius 2 is 1.97 bits per heavy atom. The maximum absolute atomic E-state index is 12.8. The Morgan fingerprint density at radius 1 is 1.10 bits per heavy atom. The number of nitrogens with one attached hydrogen (secondary N) is 2. The van der Waals surface area contributed by atoms with Gasteiger partial charge in [0.1, 0.15) is 17.1 Å². The van der Waals surface area contributed by atoms with E-state index in [1.54, 1.807) is 12.3 Å². The standard InChI is InChI=1S/C23H22N4O2S/c28-22(27-23-24-13-14-30-23)17-10-6-11-18-20(17)26-21(25-18)16-9-4-5-12-19(16)29-15-7-2-1-3-8-15/h4-6,9-15H,1-3,7-8H2,(H,25,26)(H,24,27,28). The van der Waals surface area contributed by atoms with Crippen LogP contribution in [0, 0.1) is 0 Å². The number of thiazole rings is 1. The highest BCUT2D eigenvalue weighted by molar-refractivity contribution is 7.13. The molecule has 2 aromatic heterocycles. The molecule has 1 amide bonds. The van der Waals surface area contributed by atoms with Crippen LogP contribution in [0.3, 0.4) is 0 Å². The van der Waals surface area contributed by atoms with Gasteiger partial charge in [-0.1, -0.05) is 24.6 Å². The van der Waals surface area contributed by atoms with E-state index in [2.05, 4.69) is 15.3 Å². The summed E-state index contributed by atoms with van der Waals surface area (Å²) >= 11 is 1.38. The van der Waals surface area contributed by atoms with E-state index in [1.807, 2.05) is 41.8 Å². The molecule has 152 valence electrons. The van der Waals surface area contributed by atoms with Crippen LogP contribution in [-0.4, -0.2) is 27.0 Å². The van der Waals surface area contributed by atoms with Crippen molar-refractivity contribution in [3.05, 3.63) is 59.6 Å². The Labute approximate surface area is 178 Å². The summed E-state index contributed by atoms with van der Waals surface area (Å²) in [6.45, 7) is 0. The fraction of sp³-hybridized carbons (Fsp3) is 0.261. The van der Waals surface area contributed by atoms with Gasteiger partial charge in [-0.05, 0) is 49.9 Å². The average molecular weight is 419 g/mol. The number of carbonyl (C=O) groups excluding carboxylic acids is 1. The molecular weight excluding hydrogens is 396 g/mol. The first-order valence-electron chi connectivity index (χ1n) is 10.2. The predicted molar refractivity (Wildman–Crippen MR) is 119 cm³/mol. The molecule has 0 atom stereocenters. The summed E-state index contributed by atoms with van der Waals surface area (Å²) in [4.78, 5) is 25.0. The fourth-order valence-corrected chi connectivity index (χ4v) is 4.44. The van der Waals surface area contributed by atoms with E-state index in [1.165, 1.54) is 30.6 Å². The second-order valence-corrected chi connectivity index (χ2v) is 8.35. The van der Waals surface area contributed by atoms with E-state index in [0.29, 0.717) is 22.0 Å². The number of fused-ring (bicyclic) bond motifs is 1. The summed E-state index contributed by atoms with van der Waals surface area (Å²) in [7, 11) is 0. The third-order valence-electron chi connectivity index (χ3n) is 5.40. The lowest BCUT2D eigenvalue weighted by atomic mass is 9.97. The lowest BCUT2D eigenvalue weighted by Gasteiger charge is -2.24. The molecule has 0 radical (unpaired) electrons. The van der Waals surface area contributed by atoms with Gasteiger partial charge in [0.05, 0.1) is 22.7 Å². The van der Waals surface area contributed by atoms with Gasteiger partial charge in [0.2, 0.25) is 0 Å². The minimum Gasteiger partial charge on any atom is -0.490 e. The molecule has 0 unspecified atom stereocenters. The van der Waals surface area contributed by atoms with E-state index in [9.17, 15) is 4.79 Å². The Hall–Kier alpha value is -3.19. The first-order chi connectivity index (χ1) is 14.8. The van der Waals surface area contributed by atoms with Gasteiger partial charge in [-0.15, -0.1) is 11.3 Å². The minimum absolute atomic E-state index is 0.222. The van der Waals surface area contributed by atoms with Crippen LogP contribution < -0.4 is 10.1 Å². The third-order valence-corrected chi connectivity index (χ3v) is 6.09. The van der Waals surface area contributed by atoms with Gasteiger partial charge in [-0.3, -0.25) is 10.1 Å². The first-order valence-corrected chi connectivity index (χ1v) is 11.1. The Bertz CT molecular complexity index is 1160. The van der Waals surface area contributed by atoms with Gasteiger partial charge in [-0.2, -0.15) is 0 Å². The number of benzene rings is 2. The largest absolute Gasteiger partial charge is 0.490 e. The molecule has 1 saturated carbocycles. The number of H-pyrrole nitrogens is 1. The summed E-state index contributed by atoms with van der Waals surface area (Å²) in [6.07, 6.45) is 7.83. The topological polar surface area (TPSA) is 79.9 Å². The Balaban J connectivity index is 1.48. The van der Waals surface area contributed by atoms with Crippen LogP contribution >= 0.6 is 11.3 Å². The van der Waals surface area contributed by atoms with Crippen LogP contribution in [0.2, 0.25) is 0 Å². The number of para-hydroxylation sites is 2. The molecule has 1 fully saturated rings. The van der Waals surface area contributed by atoms with Crippen molar-refractivity contribution in [2.75, 3.05) is 5.32 Å². The minimum atomic E-state index is -0.222. The second kappa shape index (κ2) is 8.28. The van der Waals surface area contributed by atoms with Crippen molar-refractivity contribution in [3.8, 4) is 17.1 Å². The molecule has 5 rings (SSSR count). The molecule has 30 heavy (non-hydrogen) atoms. The van der Waals surface area contributed by atoms with Crippen molar-refractivity contribution in [2.24, 2.45) is 0 Å². The van der Waals surface area contributed by atoms with E-state index in [-0.39, 0.29) is 12.0 Å². The molecule has 2 N–H and O–H groups in total.